The first-order valence-electron chi connectivity index (χ1n) is 5.33. The van der Waals surface area contributed by atoms with E-state index in [1.54, 1.807) is 6.92 Å². The number of carbonyl (C=O) groups is 1. The van der Waals surface area contributed by atoms with Crippen LogP contribution in [-0.2, 0) is 13.9 Å². The molecule has 0 heterocycles. The minimum Gasteiger partial charge on any atom is -0.326 e. The fourth-order valence-corrected chi connectivity index (χ4v) is 1.37. The zero-order valence-electron chi connectivity index (χ0n) is 10.1. The first-order chi connectivity index (χ1) is 7.01. The van der Waals surface area contributed by atoms with Gasteiger partial charge in [-0.15, -0.1) is 0 Å². The smallest absolute Gasteiger partial charge is 0.316 e. The summed E-state index contributed by atoms with van der Waals surface area (Å²) in [6, 6.07) is 0. The highest BCUT2D eigenvalue weighted by Crippen LogP contribution is 2.26. The van der Waals surface area contributed by atoms with Crippen LogP contribution in [-0.4, -0.2) is 17.8 Å². The van der Waals surface area contributed by atoms with E-state index in [0.717, 1.165) is 25.5 Å². The summed E-state index contributed by atoms with van der Waals surface area (Å²) in [6.07, 6.45) is 4.03. The Balaban J connectivity index is 0. The Bertz CT molecular complexity index is 170. The third-order valence-electron chi connectivity index (χ3n) is 2.63. The second kappa shape index (κ2) is 10.3. The van der Waals surface area contributed by atoms with Crippen LogP contribution in [0.3, 0.4) is 0 Å². The third-order valence-corrected chi connectivity index (χ3v) is 3.17. The van der Waals surface area contributed by atoms with Gasteiger partial charge in [-0.1, -0.05) is 20.8 Å². The fraction of sp³-hybridized carbons (Fsp3) is 0.900. The highest BCUT2D eigenvalue weighted by Gasteiger charge is 2.21. The molecule has 1 unspecified atom stereocenters. The normalized spacial score (nSPS) is 12.6. The lowest BCUT2D eigenvalue weighted by Gasteiger charge is -2.21. The van der Waals surface area contributed by atoms with Gasteiger partial charge in [0.05, 0.1) is 6.61 Å². The van der Waals surface area contributed by atoms with Crippen molar-refractivity contribution < 1.29 is 18.8 Å². The van der Waals surface area contributed by atoms with Crippen LogP contribution < -0.4 is 0 Å². The molecule has 0 saturated carbocycles. The number of aldehydes is 1. The minimum atomic E-state index is -2.64. The van der Waals surface area contributed by atoms with E-state index in [2.05, 4.69) is 25.3 Å². The van der Waals surface area contributed by atoms with Crippen molar-refractivity contribution in [3.8, 4) is 0 Å². The Labute approximate surface area is 93.0 Å². The molecule has 5 heteroatoms. The van der Waals surface area contributed by atoms with E-state index >= 15 is 0 Å². The average molecular weight is 238 g/mol. The topological polar surface area (TPSA) is 63.6 Å². The summed E-state index contributed by atoms with van der Waals surface area (Å²) < 4.78 is 13.7. The van der Waals surface area contributed by atoms with E-state index in [4.69, 9.17) is 4.89 Å². The second-order valence-electron chi connectivity index (χ2n) is 3.24. The van der Waals surface area contributed by atoms with E-state index in [1.807, 2.05) is 0 Å². The third kappa shape index (κ3) is 8.79. The van der Waals surface area contributed by atoms with Gasteiger partial charge in [0.2, 0.25) is 0 Å². The van der Waals surface area contributed by atoms with Crippen molar-refractivity contribution in [2.75, 3.05) is 6.61 Å². The van der Waals surface area contributed by atoms with Gasteiger partial charge in [-0.3, -0.25) is 4.57 Å². The van der Waals surface area contributed by atoms with Gasteiger partial charge in [0.25, 0.3) is 0 Å². The average Bonchev–Trinajstić information content (AvgIpc) is 2.23. The van der Waals surface area contributed by atoms with Gasteiger partial charge in [0.1, 0.15) is 6.29 Å². The van der Waals surface area contributed by atoms with Crippen LogP contribution in [0.1, 0.15) is 47.0 Å². The van der Waals surface area contributed by atoms with Crippen molar-refractivity contribution in [3.63, 3.8) is 0 Å². The van der Waals surface area contributed by atoms with E-state index < -0.39 is 8.25 Å². The molecule has 92 valence electrons. The van der Waals surface area contributed by atoms with E-state index in [9.17, 15) is 9.36 Å². The summed E-state index contributed by atoms with van der Waals surface area (Å²) in [5.41, 5.74) is -0.0139. The Morgan fingerprint density at radius 1 is 1.20 bits per heavy atom. The first-order valence-corrected chi connectivity index (χ1v) is 6.60. The molecule has 0 saturated heterocycles. The molecule has 0 amide bonds. The van der Waals surface area contributed by atoms with Gasteiger partial charge in [-0.25, -0.2) is 0 Å². The van der Waals surface area contributed by atoms with Gasteiger partial charge in [0, 0.05) is 5.41 Å². The molecule has 0 aromatic heterocycles. The minimum absolute atomic E-state index is 0.0139. The molecule has 15 heavy (non-hydrogen) atoms. The highest BCUT2D eigenvalue weighted by atomic mass is 31.1. The van der Waals surface area contributed by atoms with Gasteiger partial charge >= 0.3 is 8.25 Å². The molecular weight excluding hydrogens is 215 g/mol. The predicted molar refractivity (Wildman–Crippen MR) is 62.2 cm³/mol. The highest BCUT2D eigenvalue weighted by molar-refractivity contribution is 7.32. The van der Waals surface area contributed by atoms with Crippen molar-refractivity contribution in [2.45, 2.75) is 47.0 Å². The van der Waals surface area contributed by atoms with Crippen molar-refractivity contribution in [1.82, 2.24) is 0 Å². The zero-order valence-corrected chi connectivity index (χ0v) is 11.1. The molecule has 1 N–H and O–H groups in total. The second-order valence-corrected chi connectivity index (χ2v) is 4.06. The molecule has 0 aromatic rings. The summed E-state index contributed by atoms with van der Waals surface area (Å²) >= 11 is 0. The summed E-state index contributed by atoms with van der Waals surface area (Å²) in [5.74, 6) is 0. The number of hydrogen-bond donors (Lipinski definition) is 1. The predicted octanol–water partition coefficient (Wildman–Crippen LogP) is 2.81. The molecular formula is C10H23O4P. The van der Waals surface area contributed by atoms with Gasteiger partial charge in [-0.2, -0.15) is 0 Å². The van der Waals surface area contributed by atoms with Crippen molar-refractivity contribution in [2.24, 2.45) is 5.41 Å². The standard InChI is InChI=1S/C8H16O.C2H7O3P/c1-4-8(5-2,6-3)7-9;1-2-5-6(3)4/h7H,4-6H2,1-3H3;6H,2H2,1H3,(H,3,4). The van der Waals surface area contributed by atoms with Crippen LogP contribution in [0.4, 0.5) is 0 Å². The number of hydrogen-bond acceptors (Lipinski definition) is 3. The Kier molecular flexibility index (Phi) is 11.9. The zero-order chi connectivity index (χ0) is 12.3. The quantitative estimate of drug-likeness (QED) is 0.571. The van der Waals surface area contributed by atoms with Crippen molar-refractivity contribution in [1.29, 1.82) is 0 Å². The summed E-state index contributed by atoms with van der Waals surface area (Å²) in [7, 11) is -2.64. The monoisotopic (exact) mass is 238 g/mol. The number of carbonyl (C=O) groups excluding carboxylic acids is 1. The van der Waals surface area contributed by atoms with Crippen molar-refractivity contribution >= 4 is 14.5 Å². The molecule has 1 atom stereocenters. The van der Waals surface area contributed by atoms with Crippen LogP contribution in [0.25, 0.3) is 0 Å². The molecule has 0 fully saturated rings. The molecule has 0 aliphatic carbocycles. The lowest BCUT2D eigenvalue weighted by molar-refractivity contribution is -0.116. The van der Waals surface area contributed by atoms with E-state index in [-0.39, 0.29) is 5.41 Å². The molecule has 0 rings (SSSR count). The maximum absolute atomic E-state index is 10.5. The maximum atomic E-state index is 10.5. The summed E-state index contributed by atoms with van der Waals surface area (Å²) in [5, 5.41) is 0. The Morgan fingerprint density at radius 3 is 1.60 bits per heavy atom. The van der Waals surface area contributed by atoms with Crippen LogP contribution in [0.15, 0.2) is 0 Å². The number of rotatable bonds is 6. The van der Waals surface area contributed by atoms with Crippen LogP contribution in [0.5, 0.6) is 0 Å². The summed E-state index contributed by atoms with van der Waals surface area (Å²) in [4.78, 5) is 18.4. The van der Waals surface area contributed by atoms with Crippen LogP contribution in [0.2, 0.25) is 0 Å². The van der Waals surface area contributed by atoms with Crippen LogP contribution in [0, 0.1) is 5.41 Å². The van der Waals surface area contributed by atoms with Crippen molar-refractivity contribution in [3.05, 3.63) is 0 Å². The van der Waals surface area contributed by atoms with Gasteiger partial charge in [0.15, 0.2) is 0 Å². The molecule has 0 aliphatic rings. The molecule has 0 aliphatic heterocycles. The molecule has 0 bridgehead atoms. The lowest BCUT2D eigenvalue weighted by Crippen LogP contribution is -2.18. The van der Waals surface area contributed by atoms with Gasteiger partial charge in [-0.05, 0) is 26.2 Å². The molecule has 4 nitrogen and oxygen atoms in total. The van der Waals surface area contributed by atoms with E-state index in [1.165, 1.54) is 0 Å². The lowest BCUT2D eigenvalue weighted by atomic mass is 9.82. The molecule has 0 aromatic carbocycles. The Hall–Kier alpha value is -0.180. The largest absolute Gasteiger partial charge is 0.326 e. The maximum Gasteiger partial charge on any atom is 0.316 e. The van der Waals surface area contributed by atoms with E-state index in [0.29, 0.717) is 6.61 Å². The Morgan fingerprint density at radius 2 is 1.60 bits per heavy atom. The fourth-order valence-electron chi connectivity index (χ4n) is 1.12. The molecule has 0 spiro atoms. The first kappa shape index (κ1) is 17.2. The summed E-state index contributed by atoms with van der Waals surface area (Å²) in [6.45, 7) is 8.19. The molecule has 0 radical (unpaired) electrons. The SMILES string of the molecule is CCC(C=O)(CC)CC.CCO[PH](=O)O. The van der Waals surface area contributed by atoms with Gasteiger partial charge < -0.3 is 14.2 Å². The van der Waals surface area contributed by atoms with Crippen LogP contribution >= 0.6 is 8.25 Å².